The molecule has 2 aromatic heterocycles. The molecule has 0 N–H and O–H groups in total. The van der Waals surface area contributed by atoms with Gasteiger partial charge in [-0.25, -0.2) is 4.79 Å². The smallest absolute Gasteiger partial charge is 0.340 e. The molecule has 114 valence electrons. The van der Waals surface area contributed by atoms with Crippen molar-refractivity contribution in [3.63, 3.8) is 0 Å². The summed E-state index contributed by atoms with van der Waals surface area (Å²) in [6.45, 7) is 3.95. The van der Waals surface area contributed by atoms with Crippen molar-refractivity contribution in [1.82, 2.24) is 14.9 Å². The summed E-state index contributed by atoms with van der Waals surface area (Å²) in [7, 11) is 0. The summed E-state index contributed by atoms with van der Waals surface area (Å²) >= 11 is 3.09. The number of hydrogen-bond acceptors (Lipinski definition) is 7. The molecule has 0 aromatic carbocycles. The molecule has 0 atom stereocenters. The minimum absolute atomic E-state index is 0.330. The van der Waals surface area contributed by atoms with Gasteiger partial charge in [-0.05, 0) is 42.3 Å². The van der Waals surface area contributed by atoms with Gasteiger partial charge in [0.2, 0.25) is 5.16 Å². The lowest BCUT2D eigenvalue weighted by Gasteiger charge is -2.15. The summed E-state index contributed by atoms with van der Waals surface area (Å²) < 4.78 is 6.83. The number of ether oxygens (including phenoxy) is 1. The van der Waals surface area contributed by atoms with Crippen LogP contribution in [-0.4, -0.2) is 38.9 Å². The fourth-order valence-corrected chi connectivity index (χ4v) is 3.44. The van der Waals surface area contributed by atoms with Crippen LogP contribution in [0, 0.1) is 6.92 Å². The van der Waals surface area contributed by atoms with Gasteiger partial charge in [0.1, 0.15) is 0 Å². The maximum absolute atomic E-state index is 12.3. The van der Waals surface area contributed by atoms with Crippen molar-refractivity contribution >= 4 is 40.9 Å². The summed E-state index contributed by atoms with van der Waals surface area (Å²) in [5.74, 6) is 0.896. The van der Waals surface area contributed by atoms with E-state index in [1.807, 2.05) is 29.8 Å². The van der Waals surface area contributed by atoms with Crippen LogP contribution in [0.25, 0.3) is 6.08 Å². The van der Waals surface area contributed by atoms with Gasteiger partial charge in [-0.1, -0.05) is 11.8 Å². The van der Waals surface area contributed by atoms with E-state index < -0.39 is 0 Å². The van der Waals surface area contributed by atoms with E-state index >= 15 is 0 Å². The second-order valence-corrected chi connectivity index (χ2v) is 6.23. The van der Waals surface area contributed by atoms with Gasteiger partial charge in [0.15, 0.2) is 5.82 Å². The van der Waals surface area contributed by atoms with E-state index in [4.69, 9.17) is 4.74 Å². The highest BCUT2D eigenvalue weighted by Crippen LogP contribution is 2.25. The molecule has 1 aliphatic rings. The minimum Gasteiger partial charge on any atom is -0.462 e. The molecule has 2 aromatic rings. The monoisotopic (exact) mass is 334 g/mol. The Morgan fingerprint density at radius 1 is 1.50 bits per heavy atom. The zero-order valence-electron chi connectivity index (χ0n) is 12.1. The van der Waals surface area contributed by atoms with Crippen molar-refractivity contribution in [3.8, 4) is 0 Å². The first-order valence-corrected chi connectivity index (χ1v) is 8.66. The number of thiophene rings is 1. The van der Waals surface area contributed by atoms with Crippen LogP contribution in [0.2, 0.25) is 0 Å². The van der Waals surface area contributed by atoms with Gasteiger partial charge in [0.05, 0.1) is 17.9 Å². The highest BCUT2D eigenvalue weighted by Gasteiger charge is 2.24. The molecule has 8 heteroatoms. The molecule has 0 unspecified atom stereocenters. The largest absolute Gasteiger partial charge is 0.462 e. The summed E-state index contributed by atoms with van der Waals surface area (Å²) in [5, 5.41) is 17.2. The third-order valence-electron chi connectivity index (χ3n) is 2.99. The van der Waals surface area contributed by atoms with Crippen LogP contribution in [0.4, 0.5) is 0 Å². The van der Waals surface area contributed by atoms with Crippen LogP contribution in [-0.2, 0) is 9.53 Å². The van der Waals surface area contributed by atoms with E-state index in [0.717, 1.165) is 10.7 Å². The van der Waals surface area contributed by atoms with Gasteiger partial charge in [-0.3, -0.25) is 0 Å². The van der Waals surface area contributed by atoms with Crippen LogP contribution in [0.1, 0.15) is 18.3 Å². The summed E-state index contributed by atoms with van der Waals surface area (Å²) in [4.78, 5) is 12.3. The standard InChI is InChI=1S/C14H14N4O2S2/c1-3-20-13(19)11(6-10-4-5-21-7-10)12-8-22-14-16-15-9(2)18(14)17-12/h4-7H,3,8H2,1-2H3/b11-6-. The van der Waals surface area contributed by atoms with Gasteiger partial charge in [0.25, 0.3) is 0 Å². The van der Waals surface area contributed by atoms with E-state index in [1.54, 1.807) is 22.9 Å². The van der Waals surface area contributed by atoms with Gasteiger partial charge in [0, 0.05) is 5.75 Å². The molecular weight excluding hydrogens is 320 g/mol. The number of aryl methyl sites for hydroxylation is 1. The third kappa shape index (κ3) is 2.97. The van der Waals surface area contributed by atoms with Gasteiger partial charge in [-0.15, -0.1) is 10.2 Å². The average molecular weight is 334 g/mol. The van der Waals surface area contributed by atoms with Gasteiger partial charge in [-0.2, -0.15) is 21.1 Å². The second kappa shape index (κ2) is 6.45. The Bertz CT molecular complexity index is 747. The van der Waals surface area contributed by atoms with Crippen molar-refractivity contribution < 1.29 is 9.53 Å². The second-order valence-electron chi connectivity index (χ2n) is 4.51. The Morgan fingerprint density at radius 2 is 2.36 bits per heavy atom. The molecule has 0 fully saturated rings. The molecule has 0 aliphatic carbocycles. The fourth-order valence-electron chi connectivity index (χ4n) is 1.95. The summed E-state index contributed by atoms with van der Waals surface area (Å²) in [6.07, 6.45) is 1.82. The zero-order chi connectivity index (χ0) is 15.5. The SMILES string of the molecule is CCOC(=O)/C(=C\c1ccsc1)C1=Nn2c(C)nnc2SC1. The molecular formula is C14H14N4O2S2. The molecule has 22 heavy (non-hydrogen) atoms. The first-order chi connectivity index (χ1) is 10.7. The van der Waals surface area contributed by atoms with Crippen molar-refractivity contribution in [2.45, 2.75) is 19.0 Å². The molecule has 0 saturated heterocycles. The molecule has 3 rings (SSSR count). The van der Waals surface area contributed by atoms with Gasteiger partial charge < -0.3 is 4.74 Å². The Balaban J connectivity index is 2.01. The lowest BCUT2D eigenvalue weighted by Crippen LogP contribution is -2.21. The highest BCUT2D eigenvalue weighted by molar-refractivity contribution is 7.99. The zero-order valence-corrected chi connectivity index (χ0v) is 13.8. The molecule has 0 spiro atoms. The minimum atomic E-state index is -0.359. The van der Waals surface area contributed by atoms with Crippen molar-refractivity contribution in [2.75, 3.05) is 12.4 Å². The molecule has 0 saturated carbocycles. The first-order valence-electron chi connectivity index (χ1n) is 6.73. The number of hydrogen-bond donors (Lipinski definition) is 0. The molecule has 0 radical (unpaired) electrons. The normalized spacial score (nSPS) is 14.5. The van der Waals surface area contributed by atoms with Crippen LogP contribution >= 0.6 is 23.1 Å². The fraction of sp³-hybridized carbons (Fsp3) is 0.286. The van der Waals surface area contributed by atoms with Crippen LogP contribution in [0.15, 0.2) is 32.7 Å². The van der Waals surface area contributed by atoms with Crippen LogP contribution < -0.4 is 0 Å². The highest BCUT2D eigenvalue weighted by atomic mass is 32.2. The predicted octanol–water partition coefficient (Wildman–Crippen LogP) is 2.60. The molecule has 3 heterocycles. The number of esters is 1. The molecule has 6 nitrogen and oxygen atoms in total. The van der Waals surface area contributed by atoms with Gasteiger partial charge >= 0.3 is 5.97 Å². The number of nitrogens with zero attached hydrogens (tertiary/aromatic N) is 4. The van der Waals surface area contributed by atoms with Crippen molar-refractivity contribution in [1.29, 1.82) is 0 Å². The number of carbonyl (C=O) groups excluding carboxylic acids is 1. The maximum atomic E-state index is 12.3. The number of fused-ring (bicyclic) bond motifs is 1. The lowest BCUT2D eigenvalue weighted by atomic mass is 10.1. The Kier molecular flexibility index (Phi) is 4.39. The van der Waals surface area contributed by atoms with E-state index in [0.29, 0.717) is 29.5 Å². The van der Waals surface area contributed by atoms with E-state index in [9.17, 15) is 4.79 Å². The number of carbonyl (C=O) groups is 1. The first kappa shape index (κ1) is 15.0. The summed E-state index contributed by atoms with van der Waals surface area (Å²) in [5.41, 5.74) is 2.11. The Hall–Kier alpha value is -1.93. The Labute approximate surface area is 135 Å². The van der Waals surface area contributed by atoms with E-state index in [2.05, 4.69) is 15.3 Å². The lowest BCUT2D eigenvalue weighted by molar-refractivity contribution is -0.137. The van der Waals surface area contributed by atoms with Crippen molar-refractivity contribution in [3.05, 3.63) is 33.8 Å². The summed E-state index contributed by atoms with van der Waals surface area (Å²) in [6, 6.07) is 1.95. The number of aromatic nitrogens is 3. The Morgan fingerprint density at radius 3 is 3.09 bits per heavy atom. The predicted molar refractivity (Wildman–Crippen MR) is 87.2 cm³/mol. The molecule has 0 amide bonds. The average Bonchev–Trinajstić information content (AvgIpc) is 3.15. The number of thioether (sulfide) groups is 1. The topological polar surface area (TPSA) is 69.4 Å². The van der Waals surface area contributed by atoms with E-state index in [-0.39, 0.29) is 5.97 Å². The van der Waals surface area contributed by atoms with Crippen LogP contribution in [0.5, 0.6) is 0 Å². The maximum Gasteiger partial charge on any atom is 0.340 e. The van der Waals surface area contributed by atoms with E-state index in [1.165, 1.54) is 11.8 Å². The van der Waals surface area contributed by atoms with Crippen LogP contribution in [0.3, 0.4) is 0 Å². The third-order valence-corrected chi connectivity index (χ3v) is 4.62. The number of rotatable bonds is 4. The van der Waals surface area contributed by atoms with Crippen molar-refractivity contribution in [2.24, 2.45) is 5.10 Å². The molecule has 1 aliphatic heterocycles. The molecule has 0 bridgehead atoms. The quantitative estimate of drug-likeness (QED) is 0.635.